The molecular formula is C23H24N2O5. The molecule has 0 saturated heterocycles. The summed E-state index contributed by atoms with van der Waals surface area (Å²) in [6.45, 7) is 3.10. The number of amides is 3. The quantitative estimate of drug-likeness (QED) is 0.562. The first kappa shape index (κ1) is 21.2. The molecular weight excluding hydrogens is 384 g/mol. The Bertz CT molecular complexity index is 985. The lowest BCUT2D eigenvalue weighted by molar-refractivity contribution is -0.150. The predicted molar refractivity (Wildman–Crippen MR) is 111 cm³/mol. The molecule has 7 heteroatoms. The lowest BCUT2D eigenvalue weighted by Gasteiger charge is -2.25. The molecule has 2 aromatic carbocycles. The fourth-order valence-electron chi connectivity index (χ4n) is 3.33. The minimum atomic E-state index is -0.818. The molecule has 1 aliphatic rings. The minimum Gasteiger partial charge on any atom is -0.454 e. The number of para-hydroxylation sites is 1. The van der Waals surface area contributed by atoms with Crippen LogP contribution in [-0.2, 0) is 25.5 Å². The van der Waals surface area contributed by atoms with Crippen LogP contribution in [0.2, 0.25) is 0 Å². The summed E-state index contributed by atoms with van der Waals surface area (Å²) in [4.78, 5) is 50.0. The van der Waals surface area contributed by atoms with Gasteiger partial charge in [-0.25, -0.2) is 0 Å². The van der Waals surface area contributed by atoms with Crippen LogP contribution < -0.4 is 5.32 Å². The third-order valence-corrected chi connectivity index (χ3v) is 5.17. The second-order valence-corrected chi connectivity index (χ2v) is 7.22. The second-order valence-electron chi connectivity index (χ2n) is 7.22. The van der Waals surface area contributed by atoms with Crippen LogP contribution in [0, 0.1) is 0 Å². The van der Waals surface area contributed by atoms with Crippen LogP contribution in [0.15, 0.2) is 48.5 Å². The highest BCUT2D eigenvalue weighted by Gasteiger charge is 2.32. The van der Waals surface area contributed by atoms with E-state index in [0.29, 0.717) is 16.8 Å². The van der Waals surface area contributed by atoms with E-state index in [4.69, 9.17) is 4.74 Å². The molecule has 7 nitrogen and oxygen atoms in total. The molecule has 3 rings (SSSR count). The summed E-state index contributed by atoms with van der Waals surface area (Å²) in [6.07, 6.45) is 0.963. The molecule has 156 valence electrons. The molecule has 3 amide bonds. The van der Waals surface area contributed by atoms with Crippen molar-refractivity contribution in [1.29, 1.82) is 0 Å². The van der Waals surface area contributed by atoms with Gasteiger partial charge in [0.15, 0.2) is 6.61 Å². The Morgan fingerprint density at radius 1 is 1.10 bits per heavy atom. The molecule has 0 saturated carbocycles. The number of hydrogen-bond donors (Lipinski definition) is 1. The van der Waals surface area contributed by atoms with Crippen LogP contribution in [0.1, 0.15) is 47.7 Å². The highest BCUT2D eigenvalue weighted by atomic mass is 16.5. The van der Waals surface area contributed by atoms with Crippen molar-refractivity contribution in [1.82, 2.24) is 4.90 Å². The van der Waals surface area contributed by atoms with Gasteiger partial charge >= 0.3 is 5.97 Å². The monoisotopic (exact) mass is 408 g/mol. The van der Waals surface area contributed by atoms with Crippen LogP contribution in [0.5, 0.6) is 0 Å². The van der Waals surface area contributed by atoms with Crippen LogP contribution >= 0.6 is 0 Å². The first-order valence-electron chi connectivity index (χ1n) is 9.87. The molecule has 1 aliphatic heterocycles. The molecule has 1 atom stereocenters. The van der Waals surface area contributed by atoms with Gasteiger partial charge < -0.3 is 10.1 Å². The van der Waals surface area contributed by atoms with Crippen molar-refractivity contribution < 1.29 is 23.9 Å². The fourth-order valence-corrected chi connectivity index (χ4v) is 3.33. The molecule has 1 heterocycles. The van der Waals surface area contributed by atoms with Crippen molar-refractivity contribution >= 4 is 29.4 Å². The molecule has 0 aliphatic carbocycles. The average Bonchev–Trinajstić information content (AvgIpc) is 2.75. The topological polar surface area (TPSA) is 92.8 Å². The van der Waals surface area contributed by atoms with Crippen LogP contribution in [0.3, 0.4) is 0 Å². The Balaban J connectivity index is 1.56. The number of rotatable bonds is 7. The van der Waals surface area contributed by atoms with Crippen molar-refractivity contribution in [3.8, 4) is 0 Å². The predicted octanol–water partition coefficient (Wildman–Crippen LogP) is 2.91. The molecule has 30 heavy (non-hydrogen) atoms. The molecule has 0 spiro atoms. The first-order chi connectivity index (χ1) is 14.4. The number of imide groups is 1. The summed E-state index contributed by atoms with van der Waals surface area (Å²) >= 11 is 0. The number of nitrogens with zero attached hydrogens (tertiary/aromatic N) is 1. The first-order valence-corrected chi connectivity index (χ1v) is 9.87. The zero-order valence-corrected chi connectivity index (χ0v) is 17.0. The highest BCUT2D eigenvalue weighted by molar-refractivity contribution is 6.11. The minimum absolute atomic E-state index is 0.0437. The molecule has 0 aromatic heterocycles. The van der Waals surface area contributed by atoms with E-state index in [2.05, 4.69) is 19.2 Å². The summed E-state index contributed by atoms with van der Waals surface area (Å²) < 4.78 is 4.99. The summed E-state index contributed by atoms with van der Waals surface area (Å²) in [6, 6.07) is 14.2. The number of carbonyl (C=O) groups excluding carboxylic acids is 4. The SMILES string of the molecule is CC[C@@H](C)c1ccccc1NC(=O)COC(=O)CN1C(=O)Cc2ccccc2C1=O. The Labute approximate surface area is 175 Å². The normalized spacial score (nSPS) is 14.1. The summed E-state index contributed by atoms with van der Waals surface area (Å²) in [5.74, 6) is -2.04. The number of esters is 1. The third kappa shape index (κ3) is 4.74. The van der Waals surface area contributed by atoms with Gasteiger partial charge in [-0.2, -0.15) is 0 Å². The zero-order valence-electron chi connectivity index (χ0n) is 17.0. The molecule has 0 radical (unpaired) electrons. The van der Waals surface area contributed by atoms with E-state index in [1.807, 2.05) is 18.2 Å². The highest BCUT2D eigenvalue weighted by Crippen LogP contribution is 2.26. The van der Waals surface area contributed by atoms with Crippen molar-refractivity contribution in [2.75, 3.05) is 18.5 Å². The van der Waals surface area contributed by atoms with E-state index in [1.165, 1.54) is 0 Å². The molecule has 0 fully saturated rings. The number of nitrogens with one attached hydrogen (secondary N) is 1. The molecule has 2 aromatic rings. The Morgan fingerprint density at radius 2 is 1.80 bits per heavy atom. The van der Waals surface area contributed by atoms with Gasteiger partial charge in [0.2, 0.25) is 5.91 Å². The zero-order chi connectivity index (χ0) is 21.7. The van der Waals surface area contributed by atoms with E-state index < -0.39 is 36.8 Å². The van der Waals surface area contributed by atoms with Gasteiger partial charge in [0, 0.05) is 11.3 Å². The van der Waals surface area contributed by atoms with Gasteiger partial charge in [-0.05, 0) is 35.6 Å². The molecule has 1 N–H and O–H groups in total. The van der Waals surface area contributed by atoms with Gasteiger partial charge in [-0.15, -0.1) is 0 Å². The number of fused-ring (bicyclic) bond motifs is 1. The number of anilines is 1. The third-order valence-electron chi connectivity index (χ3n) is 5.17. The maximum atomic E-state index is 12.5. The second kappa shape index (κ2) is 9.35. The van der Waals surface area contributed by atoms with Crippen molar-refractivity contribution in [2.45, 2.75) is 32.6 Å². The number of hydrogen-bond acceptors (Lipinski definition) is 5. The van der Waals surface area contributed by atoms with Crippen molar-refractivity contribution in [3.63, 3.8) is 0 Å². The van der Waals surface area contributed by atoms with E-state index in [0.717, 1.165) is 16.9 Å². The number of benzene rings is 2. The molecule has 0 bridgehead atoms. The van der Waals surface area contributed by atoms with Crippen LogP contribution in [0.25, 0.3) is 0 Å². The van der Waals surface area contributed by atoms with E-state index >= 15 is 0 Å². The van der Waals surface area contributed by atoms with Gasteiger partial charge in [-0.1, -0.05) is 50.2 Å². The van der Waals surface area contributed by atoms with E-state index in [-0.39, 0.29) is 12.3 Å². The van der Waals surface area contributed by atoms with Crippen molar-refractivity contribution in [2.24, 2.45) is 0 Å². The average molecular weight is 408 g/mol. The van der Waals surface area contributed by atoms with E-state index in [1.54, 1.807) is 30.3 Å². The van der Waals surface area contributed by atoms with Gasteiger partial charge in [-0.3, -0.25) is 24.1 Å². The summed E-state index contributed by atoms with van der Waals surface area (Å²) in [5, 5.41) is 2.75. The fraction of sp³-hybridized carbons (Fsp3) is 0.304. The smallest absolute Gasteiger partial charge is 0.326 e. The molecule has 0 unspecified atom stereocenters. The Kier molecular flexibility index (Phi) is 6.61. The van der Waals surface area contributed by atoms with Gasteiger partial charge in [0.25, 0.3) is 11.8 Å². The lowest BCUT2D eigenvalue weighted by Crippen LogP contribution is -2.45. The maximum Gasteiger partial charge on any atom is 0.326 e. The van der Waals surface area contributed by atoms with E-state index in [9.17, 15) is 19.2 Å². The Morgan fingerprint density at radius 3 is 2.57 bits per heavy atom. The standard InChI is InChI=1S/C23H24N2O5/c1-3-15(2)17-9-6-7-11-19(17)24-20(26)14-30-22(28)13-25-21(27)12-16-8-4-5-10-18(16)23(25)29/h4-11,15H,3,12-14H2,1-2H3,(H,24,26)/t15-/m1/s1. The maximum absolute atomic E-state index is 12.5. The van der Waals surface area contributed by atoms with Crippen molar-refractivity contribution in [3.05, 3.63) is 65.2 Å². The van der Waals surface area contributed by atoms with Gasteiger partial charge in [0.1, 0.15) is 6.54 Å². The lowest BCUT2D eigenvalue weighted by atomic mass is 9.97. The summed E-state index contributed by atoms with van der Waals surface area (Å²) in [5.41, 5.74) is 2.70. The Hall–Kier alpha value is -3.48. The summed E-state index contributed by atoms with van der Waals surface area (Å²) in [7, 11) is 0. The van der Waals surface area contributed by atoms with Crippen LogP contribution in [0.4, 0.5) is 5.69 Å². The van der Waals surface area contributed by atoms with Gasteiger partial charge in [0.05, 0.1) is 6.42 Å². The number of carbonyl (C=O) groups is 4. The van der Waals surface area contributed by atoms with Crippen LogP contribution in [-0.4, -0.2) is 41.7 Å². The largest absolute Gasteiger partial charge is 0.454 e. The number of ether oxygens (including phenoxy) is 1.